The number of carboxylic acids is 1. The lowest BCUT2D eigenvalue weighted by Crippen LogP contribution is -2.50. The van der Waals surface area contributed by atoms with Crippen LogP contribution in [0.1, 0.15) is 25.7 Å². The molecule has 2 aliphatic heterocycles. The Morgan fingerprint density at radius 3 is 2.89 bits per heavy atom. The zero-order valence-electron chi connectivity index (χ0n) is 10.3. The molecule has 0 radical (unpaired) electrons. The number of carbonyl (C=O) groups is 2. The van der Waals surface area contributed by atoms with Gasteiger partial charge in [-0.05, 0) is 19.3 Å². The van der Waals surface area contributed by atoms with Gasteiger partial charge in [-0.15, -0.1) is 0 Å². The minimum absolute atomic E-state index is 0.0375. The van der Waals surface area contributed by atoms with Crippen LogP contribution < -0.4 is 0 Å². The van der Waals surface area contributed by atoms with Crippen LogP contribution in [-0.4, -0.2) is 60.4 Å². The standard InChI is InChI=1S/C12H19NO5/c14-11(15)4-3-10-12(16)13(5-7-18-10)8-9-2-1-6-17-9/h9-10H,1-8H2,(H,14,15). The van der Waals surface area contributed by atoms with E-state index in [-0.39, 0.29) is 24.9 Å². The Hall–Kier alpha value is -1.14. The van der Waals surface area contributed by atoms with Crippen LogP contribution in [0.25, 0.3) is 0 Å². The quantitative estimate of drug-likeness (QED) is 0.764. The molecule has 2 saturated heterocycles. The molecule has 2 rings (SSSR count). The molecule has 0 aliphatic carbocycles. The molecule has 2 aliphatic rings. The van der Waals surface area contributed by atoms with E-state index in [2.05, 4.69) is 0 Å². The highest BCUT2D eigenvalue weighted by Crippen LogP contribution is 2.17. The first-order valence-corrected chi connectivity index (χ1v) is 6.40. The van der Waals surface area contributed by atoms with Gasteiger partial charge in [0.2, 0.25) is 0 Å². The Labute approximate surface area is 106 Å². The van der Waals surface area contributed by atoms with Crippen LogP contribution in [0.2, 0.25) is 0 Å². The maximum absolute atomic E-state index is 12.1. The summed E-state index contributed by atoms with van der Waals surface area (Å²) in [6, 6.07) is 0. The molecule has 102 valence electrons. The molecule has 2 atom stereocenters. The van der Waals surface area contributed by atoms with Crippen molar-refractivity contribution >= 4 is 11.9 Å². The van der Waals surface area contributed by atoms with E-state index >= 15 is 0 Å². The highest BCUT2D eigenvalue weighted by molar-refractivity contribution is 5.82. The third kappa shape index (κ3) is 3.43. The van der Waals surface area contributed by atoms with Crippen molar-refractivity contribution in [1.29, 1.82) is 0 Å². The number of morpholine rings is 1. The summed E-state index contributed by atoms with van der Waals surface area (Å²) in [6.45, 7) is 2.42. The number of aliphatic carboxylic acids is 1. The lowest BCUT2D eigenvalue weighted by atomic mass is 10.1. The predicted molar refractivity (Wildman–Crippen MR) is 62.2 cm³/mol. The molecule has 2 heterocycles. The van der Waals surface area contributed by atoms with Crippen LogP contribution >= 0.6 is 0 Å². The molecule has 1 amide bonds. The molecule has 1 N–H and O–H groups in total. The van der Waals surface area contributed by atoms with Gasteiger partial charge in [0, 0.05) is 26.1 Å². The molecule has 0 saturated carbocycles. The normalized spacial score (nSPS) is 28.7. The Morgan fingerprint density at radius 2 is 2.22 bits per heavy atom. The topological polar surface area (TPSA) is 76.1 Å². The number of nitrogens with zero attached hydrogens (tertiary/aromatic N) is 1. The summed E-state index contributed by atoms with van der Waals surface area (Å²) in [5.74, 6) is -0.999. The van der Waals surface area contributed by atoms with Gasteiger partial charge in [-0.25, -0.2) is 0 Å². The highest BCUT2D eigenvalue weighted by atomic mass is 16.5. The van der Waals surface area contributed by atoms with Gasteiger partial charge in [0.25, 0.3) is 5.91 Å². The van der Waals surface area contributed by atoms with Crippen molar-refractivity contribution in [2.75, 3.05) is 26.3 Å². The molecule has 0 aromatic carbocycles. The summed E-state index contributed by atoms with van der Waals surface area (Å²) < 4.78 is 10.8. The van der Waals surface area contributed by atoms with Crippen molar-refractivity contribution in [3.63, 3.8) is 0 Å². The van der Waals surface area contributed by atoms with Gasteiger partial charge in [-0.1, -0.05) is 0 Å². The van der Waals surface area contributed by atoms with E-state index in [1.165, 1.54) is 0 Å². The van der Waals surface area contributed by atoms with E-state index in [1.54, 1.807) is 4.90 Å². The molecule has 6 nitrogen and oxygen atoms in total. The third-order valence-electron chi connectivity index (χ3n) is 3.34. The summed E-state index contributed by atoms with van der Waals surface area (Å²) in [5, 5.41) is 8.63. The van der Waals surface area contributed by atoms with Crippen LogP contribution in [0, 0.1) is 0 Å². The van der Waals surface area contributed by atoms with E-state index < -0.39 is 12.1 Å². The average Bonchev–Trinajstić information content (AvgIpc) is 2.83. The van der Waals surface area contributed by atoms with E-state index in [4.69, 9.17) is 14.6 Å². The van der Waals surface area contributed by atoms with Crippen LogP contribution in [0.15, 0.2) is 0 Å². The van der Waals surface area contributed by atoms with Gasteiger partial charge in [-0.3, -0.25) is 9.59 Å². The van der Waals surface area contributed by atoms with Crippen LogP contribution in [-0.2, 0) is 19.1 Å². The number of rotatable bonds is 5. The van der Waals surface area contributed by atoms with Crippen molar-refractivity contribution in [3.05, 3.63) is 0 Å². The van der Waals surface area contributed by atoms with E-state index in [1.807, 2.05) is 0 Å². The SMILES string of the molecule is O=C(O)CCC1OCCN(CC2CCCO2)C1=O. The predicted octanol–water partition coefficient (Wildman–Crippen LogP) is 0.258. The Kier molecular flexibility index (Phi) is 4.54. The first-order valence-electron chi connectivity index (χ1n) is 6.40. The lowest BCUT2D eigenvalue weighted by molar-refractivity contribution is -0.156. The van der Waals surface area contributed by atoms with Gasteiger partial charge in [0.05, 0.1) is 12.7 Å². The Balaban J connectivity index is 1.83. The van der Waals surface area contributed by atoms with E-state index in [0.29, 0.717) is 19.7 Å². The van der Waals surface area contributed by atoms with Crippen molar-refractivity contribution in [1.82, 2.24) is 4.90 Å². The number of carbonyl (C=O) groups excluding carboxylic acids is 1. The summed E-state index contributed by atoms with van der Waals surface area (Å²) in [6.07, 6.45) is 1.78. The Morgan fingerprint density at radius 1 is 1.39 bits per heavy atom. The van der Waals surface area contributed by atoms with E-state index in [9.17, 15) is 9.59 Å². The van der Waals surface area contributed by atoms with E-state index in [0.717, 1.165) is 19.4 Å². The molecule has 0 spiro atoms. The summed E-state index contributed by atoms with van der Waals surface area (Å²) in [4.78, 5) is 24.3. The second kappa shape index (κ2) is 6.15. The molecule has 0 aromatic rings. The second-order valence-corrected chi connectivity index (χ2v) is 4.71. The van der Waals surface area contributed by atoms with Gasteiger partial charge >= 0.3 is 5.97 Å². The average molecular weight is 257 g/mol. The van der Waals surface area contributed by atoms with Gasteiger partial charge in [0.15, 0.2) is 0 Å². The zero-order valence-corrected chi connectivity index (χ0v) is 10.3. The van der Waals surface area contributed by atoms with Gasteiger partial charge in [-0.2, -0.15) is 0 Å². The summed E-state index contributed by atoms with van der Waals surface area (Å²) in [7, 11) is 0. The van der Waals surface area contributed by atoms with Crippen LogP contribution in [0.4, 0.5) is 0 Å². The number of ether oxygens (including phenoxy) is 2. The fourth-order valence-electron chi connectivity index (χ4n) is 2.37. The summed E-state index contributed by atoms with van der Waals surface area (Å²) in [5.41, 5.74) is 0. The first-order chi connectivity index (χ1) is 8.66. The maximum atomic E-state index is 12.1. The van der Waals surface area contributed by atoms with Crippen LogP contribution in [0.5, 0.6) is 0 Å². The third-order valence-corrected chi connectivity index (χ3v) is 3.34. The second-order valence-electron chi connectivity index (χ2n) is 4.71. The molecule has 6 heteroatoms. The molecule has 0 aromatic heterocycles. The lowest BCUT2D eigenvalue weighted by Gasteiger charge is -2.33. The fraction of sp³-hybridized carbons (Fsp3) is 0.833. The number of amides is 1. The molecule has 2 unspecified atom stereocenters. The minimum Gasteiger partial charge on any atom is -0.481 e. The molecular weight excluding hydrogens is 238 g/mol. The highest BCUT2D eigenvalue weighted by Gasteiger charge is 2.32. The molecule has 2 fully saturated rings. The number of carboxylic acid groups (broad SMARTS) is 1. The smallest absolute Gasteiger partial charge is 0.303 e. The van der Waals surface area contributed by atoms with Crippen molar-refractivity contribution in [2.45, 2.75) is 37.9 Å². The first kappa shape index (κ1) is 13.3. The zero-order chi connectivity index (χ0) is 13.0. The largest absolute Gasteiger partial charge is 0.481 e. The van der Waals surface area contributed by atoms with Gasteiger partial charge < -0.3 is 19.5 Å². The van der Waals surface area contributed by atoms with Crippen molar-refractivity contribution in [2.24, 2.45) is 0 Å². The maximum Gasteiger partial charge on any atom is 0.303 e. The minimum atomic E-state index is -0.900. The number of hydrogen-bond acceptors (Lipinski definition) is 4. The van der Waals surface area contributed by atoms with Gasteiger partial charge in [0.1, 0.15) is 6.10 Å². The Bertz CT molecular complexity index is 314. The monoisotopic (exact) mass is 257 g/mol. The molecular formula is C12H19NO5. The van der Waals surface area contributed by atoms with Crippen molar-refractivity contribution in [3.8, 4) is 0 Å². The van der Waals surface area contributed by atoms with Crippen LogP contribution in [0.3, 0.4) is 0 Å². The number of hydrogen-bond donors (Lipinski definition) is 1. The fourth-order valence-corrected chi connectivity index (χ4v) is 2.37. The molecule has 18 heavy (non-hydrogen) atoms. The molecule has 0 bridgehead atoms. The summed E-state index contributed by atoms with van der Waals surface area (Å²) >= 11 is 0. The van der Waals surface area contributed by atoms with Crippen molar-refractivity contribution < 1.29 is 24.2 Å².